The van der Waals surface area contributed by atoms with Gasteiger partial charge in [0.05, 0.1) is 31.5 Å². The van der Waals surface area contributed by atoms with Crippen LogP contribution >= 0.6 is 0 Å². The van der Waals surface area contributed by atoms with Crippen molar-refractivity contribution in [3.8, 4) is 5.75 Å². The molecular weight excluding hydrogens is 344 g/mol. The molecule has 1 aromatic rings. The van der Waals surface area contributed by atoms with Gasteiger partial charge in [-0.2, -0.15) is 4.31 Å². The van der Waals surface area contributed by atoms with Crippen LogP contribution in [-0.2, 0) is 26.0 Å². The summed E-state index contributed by atoms with van der Waals surface area (Å²) in [6, 6.07) is 7.29. The van der Waals surface area contributed by atoms with E-state index < -0.39 is 10.0 Å². The maximum Gasteiger partial charge on any atom is 0.224 e. The summed E-state index contributed by atoms with van der Waals surface area (Å²) in [6.45, 7) is 5.59. The first kappa shape index (κ1) is 19.7. The van der Waals surface area contributed by atoms with Crippen LogP contribution in [0.3, 0.4) is 0 Å². The fourth-order valence-corrected chi connectivity index (χ4v) is 4.01. The van der Waals surface area contributed by atoms with E-state index in [4.69, 9.17) is 9.47 Å². The summed E-state index contributed by atoms with van der Waals surface area (Å²) in [5.74, 6) is 0.460. The van der Waals surface area contributed by atoms with Crippen molar-refractivity contribution in [2.45, 2.75) is 26.4 Å². The molecule has 1 N–H and O–H groups in total. The number of benzene rings is 1. The predicted molar refractivity (Wildman–Crippen MR) is 95.1 cm³/mol. The van der Waals surface area contributed by atoms with Crippen molar-refractivity contribution in [2.24, 2.45) is 0 Å². The van der Waals surface area contributed by atoms with Gasteiger partial charge in [-0.15, -0.1) is 0 Å². The SMILES string of the molecule is CCOc1ccc(CC(=O)NCCS(=O)(=O)N2CCOC(C)C2)cc1. The lowest BCUT2D eigenvalue weighted by molar-refractivity contribution is -0.120. The summed E-state index contributed by atoms with van der Waals surface area (Å²) in [4.78, 5) is 12.0. The van der Waals surface area contributed by atoms with E-state index in [2.05, 4.69) is 5.32 Å². The molecule has 7 nitrogen and oxygen atoms in total. The smallest absolute Gasteiger partial charge is 0.224 e. The lowest BCUT2D eigenvalue weighted by Gasteiger charge is -2.30. The monoisotopic (exact) mass is 370 g/mol. The minimum Gasteiger partial charge on any atom is -0.494 e. The number of nitrogens with zero attached hydrogens (tertiary/aromatic N) is 1. The summed E-state index contributed by atoms with van der Waals surface area (Å²) < 4.78 is 36.7. The van der Waals surface area contributed by atoms with Gasteiger partial charge in [-0.05, 0) is 31.5 Å². The Balaban J connectivity index is 1.76. The van der Waals surface area contributed by atoms with Crippen LogP contribution in [0.2, 0.25) is 0 Å². The minimum atomic E-state index is -3.37. The normalized spacial score (nSPS) is 18.7. The van der Waals surface area contributed by atoms with Crippen molar-refractivity contribution in [1.29, 1.82) is 0 Å². The predicted octanol–water partition coefficient (Wildman–Crippen LogP) is 0.795. The van der Waals surface area contributed by atoms with Gasteiger partial charge in [0.25, 0.3) is 0 Å². The van der Waals surface area contributed by atoms with E-state index >= 15 is 0 Å². The average molecular weight is 370 g/mol. The van der Waals surface area contributed by atoms with Crippen LogP contribution in [0.4, 0.5) is 0 Å². The number of hydrogen-bond acceptors (Lipinski definition) is 5. The van der Waals surface area contributed by atoms with Crippen LogP contribution in [0.15, 0.2) is 24.3 Å². The van der Waals surface area contributed by atoms with E-state index in [1.807, 2.05) is 38.1 Å². The third-order valence-electron chi connectivity index (χ3n) is 3.88. The Hall–Kier alpha value is -1.64. The van der Waals surface area contributed by atoms with Gasteiger partial charge in [0.1, 0.15) is 5.75 Å². The molecule has 2 rings (SSSR count). The van der Waals surface area contributed by atoms with Crippen molar-refractivity contribution in [1.82, 2.24) is 9.62 Å². The Morgan fingerprint density at radius 2 is 2.08 bits per heavy atom. The van der Waals surface area contributed by atoms with Gasteiger partial charge in [-0.1, -0.05) is 12.1 Å². The first-order valence-corrected chi connectivity index (χ1v) is 10.1. The highest BCUT2D eigenvalue weighted by Gasteiger charge is 2.27. The van der Waals surface area contributed by atoms with Gasteiger partial charge in [0.2, 0.25) is 15.9 Å². The molecule has 8 heteroatoms. The quantitative estimate of drug-likeness (QED) is 0.731. The molecule has 0 aliphatic carbocycles. The van der Waals surface area contributed by atoms with Gasteiger partial charge in [0.15, 0.2) is 0 Å². The largest absolute Gasteiger partial charge is 0.494 e. The molecule has 1 aromatic carbocycles. The van der Waals surface area contributed by atoms with E-state index in [1.54, 1.807) is 0 Å². The summed E-state index contributed by atoms with van der Waals surface area (Å²) in [5.41, 5.74) is 0.853. The number of morpholine rings is 1. The molecule has 1 aliphatic heterocycles. The summed E-state index contributed by atoms with van der Waals surface area (Å²) in [7, 11) is -3.37. The fourth-order valence-electron chi connectivity index (χ4n) is 2.61. The maximum atomic E-state index is 12.3. The molecule has 1 saturated heterocycles. The molecule has 0 aromatic heterocycles. The van der Waals surface area contributed by atoms with Crippen molar-refractivity contribution < 1.29 is 22.7 Å². The summed E-state index contributed by atoms with van der Waals surface area (Å²) >= 11 is 0. The van der Waals surface area contributed by atoms with E-state index in [0.717, 1.165) is 11.3 Å². The highest BCUT2D eigenvalue weighted by molar-refractivity contribution is 7.89. The second-order valence-electron chi connectivity index (χ2n) is 5.96. The highest BCUT2D eigenvalue weighted by Crippen LogP contribution is 2.12. The Bertz CT molecular complexity index is 660. The zero-order valence-electron chi connectivity index (χ0n) is 14.7. The number of carbonyl (C=O) groups is 1. The van der Waals surface area contributed by atoms with Crippen LogP contribution < -0.4 is 10.1 Å². The molecule has 1 aliphatic rings. The number of sulfonamides is 1. The lowest BCUT2D eigenvalue weighted by Crippen LogP contribution is -2.46. The first-order valence-electron chi connectivity index (χ1n) is 8.48. The van der Waals surface area contributed by atoms with Gasteiger partial charge in [0, 0.05) is 19.6 Å². The second-order valence-corrected chi connectivity index (χ2v) is 8.05. The summed E-state index contributed by atoms with van der Waals surface area (Å²) in [6.07, 6.45) is 0.110. The summed E-state index contributed by atoms with van der Waals surface area (Å²) in [5, 5.41) is 2.67. The minimum absolute atomic E-state index is 0.0993. The van der Waals surface area contributed by atoms with Gasteiger partial charge in [-0.25, -0.2) is 8.42 Å². The molecule has 140 valence electrons. The van der Waals surface area contributed by atoms with E-state index in [0.29, 0.717) is 26.3 Å². The molecule has 1 unspecified atom stereocenters. The van der Waals surface area contributed by atoms with Crippen molar-refractivity contribution in [3.63, 3.8) is 0 Å². The molecule has 1 heterocycles. The van der Waals surface area contributed by atoms with Crippen LogP contribution in [-0.4, -0.2) is 63.3 Å². The second kappa shape index (κ2) is 9.17. The Morgan fingerprint density at radius 1 is 1.36 bits per heavy atom. The third-order valence-corrected chi connectivity index (χ3v) is 5.72. The Labute approximate surface area is 149 Å². The number of hydrogen-bond donors (Lipinski definition) is 1. The van der Waals surface area contributed by atoms with Crippen LogP contribution in [0.5, 0.6) is 5.75 Å². The van der Waals surface area contributed by atoms with Gasteiger partial charge < -0.3 is 14.8 Å². The lowest BCUT2D eigenvalue weighted by atomic mass is 10.1. The topological polar surface area (TPSA) is 84.9 Å². The van der Waals surface area contributed by atoms with E-state index in [-0.39, 0.29) is 30.7 Å². The van der Waals surface area contributed by atoms with Crippen LogP contribution in [0, 0.1) is 0 Å². The number of ether oxygens (including phenoxy) is 2. The molecule has 1 atom stereocenters. The number of rotatable bonds is 8. The Morgan fingerprint density at radius 3 is 2.72 bits per heavy atom. The highest BCUT2D eigenvalue weighted by atomic mass is 32.2. The fraction of sp³-hybridized carbons (Fsp3) is 0.588. The molecule has 0 saturated carbocycles. The van der Waals surface area contributed by atoms with Crippen molar-refractivity contribution in [2.75, 3.05) is 38.6 Å². The van der Waals surface area contributed by atoms with Crippen molar-refractivity contribution >= 4 is 15.9 Å². The maximum absolute atomic E-state index is 12.3. The Kier molecular flexibility index (Phi) is 7.22. The van der Waals surface area contributed by atoms with Crippen LogP contribution in [0.25, 0.3) is 0 Å². The molecule has 0 radical (unpaired) electrons. The number of amides is 1. The number of nitrogens with one attached hydrogen (secondary N) is 1. The molecule has 0 bridgehead atoms. The van der Waals surface area contributed by atoms with Gasteiger partial charge in [-0.3, -0.25) is 4.79 Å². The molecule has 1 amide bonds. The van der Waals surface area contributed by atoms with Crippen LogP contribution in [0.1, 0.15) is 19.4 Å². The van der Waals surface area contributed by atoms with Crippen molar-refractivity contribution in [3.05, 3.63) is 29.8 Å². The zero-order valence-corrected chi connectivity index (χ0v) is 15.5. The number of carbonyl (C=O) groups excluding carboxylic acids is 1. The van der Waals surface area contributed by atoms with E-state index in [9.17, 15) is 13.2 Å². The third kappa shape index (κ3) is 6.30. The zero-order chi connectivity index (χ0) is 18.3. The molecule has 1 fully saturated rings. The molecular formula is C17H26N2O5S. The average Bonchev–Trinajstić information content (AvgIpc) is 2.57. The van der Waals surface area contributed by atoms with Gasteiger partial charge >= 0.3 is 0 Å². The molecule has 25 heavy (non-hydrogen) atoms. The van der Waals surface area contributed by atoms with E-state index in [1.165, 1.54) is 4.31 Å². The first-order chi connectivity index (χ1) is 11.9. The standard InChI is InChI=1S/C17H26N2O5S/c1-3-23-16-6-4-15(5-7-16)12-17(20)18-8-11-25(21,22)19-9-10-24-14(2)13-19/h4-7,14H,3,8-13H2,1-2H3,(H,18,20). The molecule has 0 spiro atoms.